The predicted molar refractivity (Wildman–Crippen MR) is 74.9 cm³/mol. The van der Waals surface area contributed by atoms with Crippen molar-refractivity contribution in [1.29, 1.82) is 0 Å². The third-order valence-corrected chi connectivity index (χ3v) is 3.01. The highest BCUT2D eigenvalue weighted by Crippen LogP contribution is 2.12. The number of alkyl carbamates (subject to hydrolysis) is 1. The van der Waals surface area contributed by atoms with Gasteiger partial charge >= 0.3 is 12.2 Å². The number of amides is 2. The Labute approximate surface area is 119 Å². The predicted octanol–water partition coefficient (Wildman–Crippen LogP) is 1.24. The van der Waals surface area contributed by atoms with E-state index in [1.165, 1.54) is 0 Å². The summed E-state index contributed by atoms with van der Waals surface area (Å²) in [5, 5.41) is 13.7. The van der Waals surface area contributed by atoms with E-state index in [9.17, 15) is 9.59 Å². The van der Waals surface area contributed by atoms with Crippen LogP contribution in [0, 0.1) is 0 Å². The average Bonchev–Trinajstić information content (AvgIpc) is 2.28. The van der Waals surface area contributed by atoms with Crippen LogP contribution in [0.2, 0.25) is 0 Å². The molecule has 0 aromatic heterocycles. The molecule has 1 aliphatic heterocycles. The number of nitrogens with one attached hydrogen (secondary N) is 2. The highest BCUT2D eigenvalue weighted by atomic mass is 16.6. The third-order valence-electron chi connectivity index (χ3n) is 3.01. The highest BCUT2D eigenvalue weighted by Gasteiger charge is 2.23. The van der Waals surface area contributed by atoms with Gasteiger partial charge in [0.2, 0.25) is 0 Å². The van der Waals surface area contributed by atoms with Crippen molar-refractivity contribution in [1.82, 2.24) is 15.5 Å². The number of carbonyl (C=O) groups is 2. The minimum Gasteiger partial charge on any atom is -0.465 e. The fraction of sp³-hybridized carbons (Fsp3) is 0.846. The van der Waals surface area contributed by atoms with Gasteiger partial charge in [0.15, 0.2) is 0 Å². The van der Waals surface area contributed by atoms with Gasteiger partial charge in [-0.1, -0.05) is 0 Å². The van der Waals surface area contributed by atoms with Crippen molar-refractivity contribution in [2.75, 3.05) is 26.2 Å². The Balaban J connectivity index is 2.18. The summed E-state index contributed by atoms with van der Waals surface area (Å²) in [7, 11) is 0. The van der Waals surface area contributed by atoms with Gasteiger partial charge in [0.05, 0.1) is 0 Å². The summed E-state index contributed by atoms with van der Waals surface area (Å²) >= 11 is 0. The van der Waals surface area contributed by atoms with Gasteiger partial charge in [0, 0.05) is 32.2 Å². The van der Waals surface area contributed by atoms with Gasteiger partial charge in [-0.15, -0.1) is 0 Å². The van der Waals surface area contributed by atoms with Gasteiger partial charge in [0.1, 0.15) is 5.60 Å². The van der Waals surface area contributed by atoms with Crippen LogP contribution in [-0.2, 0) is 4.74 Å². The van der Waals surface area contributed by atoms with Crippen molar-refractivity contribution in [3.8, 4) is 0 Å². The van der Waals surface area contributed by atoms with E-state index >= 15 is 0 Å². The van der Waals surface area contributed by atoms with Crippen LogP contribution in [0.3, 0.4) is 0 Å². The van der Waals surface area contributed by atoms with E-state index < -0.39 is 11.7 Å². The molecule has 0 radical (unpaired) electrons. The Kier molecular flexibility index (Phi) is 6.06. The van der Waals surface area contributed by atoms with Gasteiger partial charge < -0.3 is 25.4 Å². The summed E-state index contributed by atoms with van der Waals surface area (Å²) in [6.07, 6.45) is 0.341. The number of piperidine rings is 1. The summed E-state index contributed by atoms with van der Waals surface area (Å²) in [5.41, 5.74) is -0.479. The van der Waals surface area contributed by atoms with Gasteiger partial charge in [-0.25, -0.2) is 9.59 Å². The molecule has 1 saturated heterocycles. The third kappa shape index (κ3) is 7.18. The number of nitrogens with zero attached hydrogens (tertiary/aromatic N) is 1. The monoisotopic (exact) mass is 287 g/mol. The lowest BCUT2D eigenvalue weighted by atomic mass is 10.1. The molecule has 0 spiro atoms. The first-order chi connectivity index (χ1) is 9.26. The van der Waals surface area contributed by atoms with Gasteiger partial charge in [-0.05, 0) is 33.6 Å². The smallest absolute Gasteiger partial charge is 0.407 e. The maximum absolute atomic E-state index is 11.6. The number of rotatable bonds is 4. The van der Waals surface area contributed by atoms with Gasteiger partial charge in [0.25, 0.3) is 0 Å². The van der Waals surface area contributed by atoms with Crippen LogP contribution in [-0.4, -0.2) is 60.0 Å². The molecule has 0 aliphatic carbocycles. The quantitative estimate of drug-likeness (QED) is 0.723. The number of hydrogen-bond acceptors (Lipinski definition) is 4. The SMILES string of the molecule is CC(C)(C)OC(=O)NC1CCN(CCNC(=O)O)CC1. The van der Waals surface area contributed by atoms with Crippen molar-refractivity contribution in [3.63, 3.8) is 0 Å². The Bertz CT molecular complexity index is 333. The van der Waals surface area contributed by atoms with Crippen LogP contribution in [0.5, 0.6) is 0 Å². The molecule has 0 aromatic carbocycles. The summed E-state index contributed by atoms with van der Waals surface area (Å²) in [6.45, 7) is 8.34. The van der Waals surface area contributed by atoms with Crippen molar-refractivity contribution >= 4 is 12.2 Å². The number of hydrogen-bond donors (Lipinski definition) is 3. The zero-order chi connectivity index (χ0) is 15.2. The molecule has 7 heteroatoms. The Morgan fingerprint density at radius 2 is 1.90 bits per heavy atom. The molecule has 1 fully saturated rings. The molecule has 0 aromatic rings. The Morgan fingerprint density at radius 1 is 1.30 bits per heavy atom. The van der Waals surface area contributed by atoms with Crippen molar-refractivity contribution in [2.45, 2.75) is 45.3 Å². The van der Waals surface area contributed by atoms with E-state index in [1.54, 1.807) is 0 Å². The van der Waals surface area contributed by atoms with Crippen molar-refractivity contribution in [2.24, 2.45) is 0 Å². The Morgan fingerprint density at radius 3 is 2.40 bits per heavy atom. The molecule has 20 heavy (non-hydrogen) atoms. The van der Waals surface area contributed by atoms with Crippen molar-refractivity contribution in [3.05, 3.63) is 0 Å². The number of carboxylic acid groups (broad SMARTS) is 1. The molecule has 0 atom stereocenters. The second-order valence-corrected chi connectivity index (χ2v) is 5.99. The topological polar surface area (TPSA) is 90.9 Å². The second kappa shape index (κ2) is 7.33. The zero-order valence-electron chi connectivity index (χ0n) is 12.4. The molecule has 7 nitrogen and oxygen atoms in total. The van der Waals surface area contributed by atoms with E-state index in [0.717, 1.165) is 25.9 Å². The van der Waals surface area contributed by atoms with E-state index in [-0.39, 0.29) is 12.1 Å². The van der Waals surface area contributed by atoms with Crippen molar-refractivity contribution < 1.29 is 19.4 Å². The number of likely N-dealkylation sites (tertiary alicyclic amines) is 1. The standard InChI is InChI=1S/C13H25N3O4/c1-13(2,3)20-12(19)15-10-4-7-16(8-5-10)9-6-14-11(17)18/h10,14H,4-9H2,1-3H3,(H,15,19)(H,17,18). The van der Waals surface area contributed by atoms with Crippen LogP contribution in [0.4, 0.5) is 9.59 Å². The van der Waals surface area contributed by atoms with E-state index in [4.69, 9.17) is 9.84 Å². The number of ether oxygens (including phenoxy) is 1. The van der Waals surface area contributed by atoms with E-state index in [0.29, 0.717) is 13.1 Å². The molecule has 3 N–H and O–H groups in total. The maximum atomic E-state index is 11.6. The molecular formula is C13H25N3O4. The lowest BCUT2D eigenvalue weighted by molar-refractivity contribution is 0.0479. The first-order valence-electron chi connectivity index (χ1n) is 6.95. The normalized spacial score (nSPS) is 17.6. The maximum Gasteiger partial charge on any atom is 0.407 e. The molecule has 116 valence electrons. The fourth-order valence-corrected chi connectivity index (χ4v) is 2.10. The second-order valence-electron chi connectivity index (χ2n) is 5.99. The molecular weight excluding hydrogens is 262 g/mol. The van der Waals surface area contributed by atoms with Crippen LogP contribution < -0.4 is 10.6 Å². The molecule has 1 heterocycles. The molecule has 0 unspecified atom stereocenters. The molecule has 1 aliphatic rings. The molecule has 1 rings (SSSR count). The molecule has 0 saturated carbocycles. The van der Waals surface area contributed by atoms with Gasteiger partial charge in [-0.2, -0.15) is 0 Å². The minimum absolute atomic E-state index is 0.133. The van der Waals surface area contributed by atoms with Crippen LogP contribution in [0.1, 0.15) is 33.6 Å². The average molecular weight is 287 g/mol. The first kappa shape index (κ1) is 16.6. The summed E-state index contributed by atoms with van der Waals surface area (Å²) in [6, 6.07) is 0.133. The van der Waals surface area contributed by atoms with Gasteiger partial charge in [-0.3, -0.25) is 0 Å². The summed E-state index contributed by atoms with van der Waals surface area (Å²) in [4.78, 5) is 24.2. The largest absolute Gasteiger partial charge is 0.465 e. The lowest BCUT2D eigenvalue weighted by Crippen LogP contribution is -2.47. The lowest BCUT2D eigenvalue weighted by Gasteiger charge is -2.32. The van der Waals surface area contributed by atoms with Crippen LogP contribution >= 0.6 is 0 Å². The van der Waals surface area contributed by atoms with Crippen LogP contribution in [0.25, 0.3) is 0 Å². The first-order valence-corrected chi connectivity index (χ1v) is 6.95. The van der Waals surface area contributed by atoms with E-state index in [2.05, 4.69) is 15.5 Å². The minimum atomic E-state index is -0.994. The fourth-order valence-electron chi connectivity index (χ4n) is 2.10. The highest BCUT2D eigenvalue weighted by molar-refractivity contribution is 5.68. The summed E-state index contributed by atoms with van der Waals surface area (Å²) < 4.78 is 5.22. The molecule has 2 amide bonds. The Hall–Kier alpha value is -1.50. The van der Waals surface area contributed by atoms with Crippen LogP contribution in [0.15, 0.2) is 0 Å². The summed E-state index contributed by atoms with van der Waals surface area (Å²) in [5.74, 6) is 0. The zero-order valence-corrected chi connectivity index (χ0v) is 12.4. The van der Waals surface area contributed by atoms with E-state index in [1.807, 2.05) is 20.8 Å². The number of carbonyl (C=O) groups excluding carboxylic acids is 1. The molecule has 0 bridgehead atoms.